The molecule has 0 aliphatic heterocycles. The largest absolute Gasteiger partial charge is 0.508 e. The van der Waals surface area contributed by atoms with Crippen LogP contribution in [0.15, 0.2) is 18.2 Å². The first-order valence-electron chi connectivity index (χ1n) is 3.18. The maximum absolute atomic E-state index is 10.4. The molecule has 0 fully saturated rings. The first kappa shape index (κ1) is 9.02. The highest BCUT2D eigenvalue weighted by Crippen LogP contribution is 2.22. The van der Waals surface area contributed by atoms with Gasteiger partial charge in [-0.15, -0.1) is 0 Å². The summed E-state index contributed by atoms with van der Waals surface area (Å²) in [6.45, 7) is 0. The van der Waals surface area contributed by atoms with E-state index in [1.165, 1.54) is 18.2 Å². The summed E-state index contributed by atoms with van der Waals surface area (Å²) in [6, 6.07) is 3.83. The monoisotopic (exact) mass is 188 g/mol. The van der Waals surface area contributed by atoms with E-state index in [1.807, 2.05) is 0 Å². The van der Waals surface area contributed by atoms with E-state index in [0.29, 0.717) is 0 Å². The summed E-state index contributed by atoms with van der Waals surface area (Å²) in [7, 11) is 0. The van der Waals surface area contributed by atoms with Crippen molar-refractivity contribution < 1.29 is 19.0 Å². The van der Waals surface area contributed by atoms with E-state index in [-0.39, 0.29) is 22.8 Å². The molecule has 0 saturated carbocycles. The predicted molar refractivity (Wildman–Crippen MR) is 44.2 cm³/mol. The molecule has 1 aromatic rings. The van der Waals surface area contributed by atoms with E-state index >= 15 is 0 Å². The molecular weight excluding hydrogens is 180 g/mol. The van der Waals surface area contributed by atoms with Gasteiger partial charge >= 0.3 is 0 Å². The smallest absolute Gasteiger partial charge is 0.157 e. The average molecular weight is 188 g/mol. The van der Waals surface area contributed by atoms with Gasteiger partial charge in [-0.2, -0.15) is 0 Å². The van der Waals surface area contributed by atoms with Crippen molar-refractivity contribution in [2.24, 2.45) is 0 Å². The Morgan fingerprint density at radius 2 is 2.00 bits per heavy atom. The maximum atomic E-state index is 10.4. The second-order valence-electron chi connectivity index (χ2n) is 2.28. The number of aromatic hydroxyl groups is 2. The molecule has 0 aliphatic rings. The van der Waals surface area contributed by atoms with Gasteiger partial charge < -0.3 is 14.8 Å². The van der Waals surface area contributed by atoms with Gasteiger partial charge in [-0.25, -0.2) is 4.21 Å². The molecule has 0 aromatic heterocycles. The van der Waals surface area contributed by atoms with Gasteiger partial charge in [-0.3, -0.25) is 0 Å². The van der Waals surface area contributed by atoms with E-state index in [9.17, 15) is 4.21 Å². The van der Waals surface area contributed by atoms with Crippen LogP contribution in [-0.2, 0) is 16.8 Å². The average Bonchev–Trinajstić information content (AvgIpc) is 1.96. The molecule has 0 amide bonds. The molecule has 1 rings (SSSR count). The predicted octanol–water partition coefficient (Wildman–Crippen LogP) is 0.819. The second-order valence-corrected chi connectivity index (χ2v) is 3.21. The van der Waals surface area contributed by atoms with Crippen LogP contribution < -0.4 is 0 Å². The Hall–Kier alpha value is -1.07. The molecule has 0 saturated heterocycles. The minimum atomic E-state index is -2.01. The van der Waals surface area contributed by atoms with Gasteiger partial charge in [-0.05, 0) is 18.2 Å². The van der Waals surface area contributed by atoms with Gasteiger partial charge in [0.25, 0.3) is 0 Å². The van der Waals surface area contributed by atoms with E-state index in [4.69, 9.17) is 14.8 Å². The van der Waals surface area contributed by atoms with Crippen molar-refractivity contribution in [1.82, 2.24) is 0 Å². The zero-order valence-corrected chi connectivity index (χ0v) is 6.91. The van der Waals surface area contributed by atoms with Gasteiger partial charge in [0.05, 0.1) is 5.75 Å². The third kappa shape index (κ3) is 2.21. The molecule has 1 unspecified atom stereocenters. The van der Waals surface area contributed by atoms with Gasteiger partial charge in [0, 0.05) is 5.56 Å². The van der Waals surface area contributed by atoms with Crippen molar-refractivity contribution in [3.05, 3.63) is 23.8 Å². The number of hydrogen-bond acceptors (Lipinski definition) is 3. The number of rotatable bonds is 2. The lowest BCUT2D eigenvalue weighted by Crippen LogP contribution is -1.92. The Morgan fingerprint density at radius 1 is 1.33 bits per heavy atom. The Labute approximate surface area is 71.8 Å². The molecule has 0 bridgehead atoms. The van der Waals surface area contributed by atoms with Crippen molar-refractivity contribution in [2.45, 2.75) is 5.75 Å². The topological polar surface area (TPSA) is 77.8 Å². The summed E-state index contributed by atoms with van der Waals surface area (Å²) in [4.78, 5) is 0. The van der Waals surface area contributed by atoms with Crippen LogP contribution in [0, 0.1) is 0 Å². The van der Waals surface area contributed by atoms with Crippen molar-refractivity contribution >= 4 is 11.1 Å². The van der Waals surface area contributed by atoms with Crippen LogP contribution in [0.2, 0.25) is 0 Å². The van der Waals surface area contributed by atoms with Crippen LogP contribution in [0.25, 0.3) is 0 Å². The van der Waals surface area contributed by atoms with E-state index < -0.39 is 11.1 Å². The lowest BCUT2D eigenvalue weighted by Gasteiger charge is -2.01. The molecule has 0 radical (unpaired) electrons. The molecule has 0 heterocycles. The Balaban J connectivity index is 2.97. The molecule has 4 nitrogen and oxygen atoms in total. The lowest BCUT2D eigenvalue weighted by molar-refractivity contribution is 0.455. The van der Waals surface area contributed by atoms with Gasteiger partial charge in [0.15, 0.2) is 11.1 Å². The summed E-state index contributed by atoms with van der Waals surface area (Å²) in [6.07, 6.45) is 0. The van der Waals surface area contributed by atoms with Crippen molar-refractivity contribution in [2.75, 3.05) is 0 Å². The third-order valence-corrected chi connectivity index (χ3v) is 1.90. The fraction of sp³-hybridized carbons (Fsp3) is 0.143. The van der Waals surface area contributed by atoms with Crippen molar-refractivity contribution in [3.63, 3.8) is 0 Å². The first-order valence-corrected chi connectivity index (χ1v) is 4.45. The summed E-state index contributed by atoms with van der Waals surface area (Å²) < 4.78 is 18.9. The SMILES string of the molecule is O=S(O)Cc1cc(O)ccc1O. The molecular formula is C7H8O4S. The van der Waals surface area contributed by atoms with Crippen molar-refractivity contribution in [3.8, 4) is 11.5 Å². The lowest BCUT2D eigenvalue weighted by atomic mass is 10.2. The molecule has 5 heteroatoms. The first-order chi connectivity index (χ1) is 5.59. The van der Waals surface area contributed by atoms with Crippen LogP contribution in [-0.4, -0.2) is 19.0 Å². The van der Waals surface area contributed by atoms with E-state index in [0.717, 1.165) is 0 Å². The molecule has 0 aliphatic carbocycles. The Kier molecular flexibility index (Phi) is 2.67. The number of benzene rings is 1. The van der Waals surface area contributed by atoms with E-state index in [2.05, 4.69) is 0 Å². The van der Waals surface area contributed by atoms with Gasteiger partial charge in [-0.1, -0.05) is 0 Å². The van der Waals surface area contributed by atoms with Crippen molar-refractivity contribution in [1.29, 1.82) is 0 Å². The van der Waals surface area contributed by atoms with Crippen LogP contribution in [0.4, 0.5) is 0 Å². The molecule has 0 spiro atoms. The number of phenols is 2. The summed E-state index contributed by atoms with van der Waals surface area (Å²) in [5.41, 5.74) is 0.260. The highest BCUT2D eigenvalue weighted by atomic mass is 32.2. The van der Waals surface area contributed by atoms with Gasteiger partial charge in [0.1, 0.15) is 11.5 Å². The highest BCUT2D eigenvalue weighted by Gasteiger charge is 2.04. The molecule has 66 valence electrons. The Morgan fingerprint density at radius 3 is 2.58 bits per heavy atom. The van der Waals surface area contributed by atoms with Gasteiger partial charge in [0.2, 0.25) is 0 Å². The Bertz CT molecular complexity index is 310. The minimum absolute atomic E-state index is 0.0340. The third-order valence-electron chi connectivity index (χ3n) is 1.34. The normalized spacial score (nSPS) is 12.8. The molecule has 1 atom stereocenters. The zero-order chi connectivity index (χ0) is 9.14. The number of hydrogen-bond donors (Lipinski definition) is 3. The van der Waals surface area contributed by atoms with Crippen LogP contribution in [0.1, 0.15) is 5.56 Å². The fourth-order valence-corrected chi connectivity index (χ4v) is 1.32. The quantitative estimate of drug-likeness (QED) is 0.474. The summed E-state index contributed by atoms with van der Waals surface area (Å²) >= 11 is -2.01. The molecule has 3 N–H and O–H groups in total. The van der Waals surface area contributed by atoms with E-state index in [1.54, 1.807) is 0 Å². The highest BCUT2D eigenvalue weighted by molar-refractivity contribution is 7.78. The molecule has 1 aromatic carbocycles. The summed E-state index contributed by atoms with van der Waals surface area (Å²) in [5, 5.41) is 18.1. The van der Waals surface area contributed by atoms with Crippen LogP contribution in [0.3, 0.4) is 0 Å². The van der Waals surface area contributed by atoms with Crippen LogP contribution in [0.5, 0.6) is 11.5 Å². The molecule has 12 heavy (non-hydrogen) atoms. The number of phenolic OH excluding ortho intramolecular Hbond substituents is 2. The standard InChI is InChI=1S/C7H8O4S/c8-6-1-2-7(9)5(3-6)4-12(10)11/h1-3,8-9H,4H2,(H,10,11). The maximum Gasteiger partial charge on any atom is 0.157 e. The minimum Gasteiger partial charge on any atom is -0.508 e. The van der Waals surface area contributed by atoms with Crippen LogP contribution >= 0.6 is 0 Å². The summed E-state index contributed by atoms with van der Waals surface area (Å²) in [5.74, 6) is -0.302. The fourth-order valence-electron chi connectivity index (χ4n) is 0.821. The zero-order valence-electron chi connectivity index (χ0n) is 6.10. The second kappa shape index (κ2) is 3.55.